The average molecular weight is 147 g/mol. The van der Waals surface area contributed by atoms with Gasteiger partial charge in [0.1, 0.15) is 5.75 Å². The smallest absolute Gasteiger partial charge is 0.154 e. The van der Waals surface area contributed by atoms with Gasteiger partial charge in [-0.3, -0.25) is 0 Å². The molecule has 1 heterocycles. The number of nitrogens with zero attached hydrogens (tertiary/aromatic N) is 1. The van der Waals surface area contributed by atoms with Crippen LogP contribution in [0.3, 0.4) is 0 Å². The van der Waals surface area contributed by atoms with Gasteiger partial charge in [-0.15, -0.1) is 6.42 Å². The second-order valence-electron chi connectivity index (χ2n) is 2.17. The molecule has 1 rings (SSSR count). The summed E-state index contributed by atoms with van der Waals surface area (Å²) in [7, 11) is 0. The Balaban J connectivity index is 3.15. The lowest BCUT2D eigenvalue weighted by Gasteiger charge is -1.98. The lowest BCUT2D eigenvalue weighted by Crippen LogP contribution is -1.89. The summed E-state index contributed by atoms with van der Waals surface area (Å²) in [5, 5.41) is 9.13. The van der Waals surface area contributed by atoms with Crippen molar-refractivity contribution in [3.63, 3.8) is 0 Å². The van der Waals surface area contributed by atoms with E-state index in [2.05, 4.69) is 10.9 Å². The van der Waals surface area contributed by atoms with Crippen LogP contribution < -0.4 is 0 Å². The molecule has 1 N–H and O–H groups in total. The van der Waals surface area contributed by atoms with E-state index in [-0.39, 0.29) is 5.75 Å². The molecule has 0 saturated carbocycles. The van der Waals surface area contributed by atoms with E-state index in [0.29, 0.717) is 5.69 Å². The van der Waals surface area contributed by atoms with Crippen LogP contribution in [0.15, 0.2) is 12.1 Å². The first-order chi connectivity index (χ1) is 5.27. The Morgan fingerprint density at radius 2 is 2.36 bits per heavy atom. The highest BCUT2D eigenvalue weighted by Crippen LogP contribution is 2.13. The van der Waals surface area contributed by atoms with Gasteiger partial charge in [-0.25, -0.2) is 4.98 Å². The Morgan fingerprint density at radius 1 is 1.64 bits per heavy atom. The SMILES string of the molecule is C#Cc1nc(CC)ccc1O. The minimum absolute atomic E-state index is 0.0738. The summed E-state index contributed by atoms with van der Waals surface area (Å²) < 4.78 is 0. The third-order valence-corrected chi connectivity index (χ3v) is 1.43. The fourth-order valence-corrected chi connectivity index (χ4v) is 0.795. The van der Waals surface area contributed by atoms with E-state index in [4.69, 9.17) is 11.5 Å². The molecule has 0 saturated heterocycles. The predicted molar refractivity (Wildman–Crippen MR) is 43.2 cm³/mol. The van der Waals surface area contributed by atoms with Crippen molar-refractivity contribution in [1.29, 1.82) is 0 Å². The highest BCUT2D eigenvalue weighted by Gasteiger charge is 1.98. The molecule has 0 aromatic carbocycles. The standard InChI is InChI=1S/C9H9NO/c1-3-7-5-6-9(11)8(4-2)10-7/h2,5-6,11H,3H2,1H3. The van der Waals surface area contributed by atoms with Gasteiger partial charge in [-0.2, -0.15) is 0 Å². The van der Waals surface area contributed by atoms with Crippen molar-refractivity contribution in [2.45, 2.75) is 13.3 Å². The summed E-state index contributed by atoms with van der Waals surface area (Å²) in [6.07, 6.45) is 5.93. The fraction of sp³-hybridized carbons (Fsp3) is 0.222. The molecule has 1 aromatic rings. The van der Waals surface area contributed by atoms with Crippen molar-refractivity contribution in [1.82, 2.24) is 4.98 Å². The first kappa shape index (κ1) is 7.62. The number of terminal acetylenes is 1. The second-order valence-corrected chi connectivity index (χ2v) is 2.17. The molecule has 0 bridgehead atoms. The molecule has 2 nitrogen and oxygen atoms in total. The van der Waals surface area contributed by atoms with Crippen molar-refractivity contribution in [3.8, 4) is 18.1 Å². The molecular formula is C9H9NO. The van der Waals surface area contributed by atoms with Gasteiger partial charge in [0.25, 0.3) is 0 Å². The molecule has 0 spiro atoms. The number of aromatic nitrogens is 1. The van der Waals surface area contributed by atoms with Crippen molar-refractivity contribution in [2.24, 2.45) is 0 Å². The molecule has 0 fully saturated rings. The zero-order valence-electron chi connectivity index (χ0n) is 6.33. The highest BCUT2D eigenvalue weighted by molar-refractivity contribution is 5.38. The Hall–Kier alpha value is -1.49. The predicted octanol–water partition coefficient (Wildman–Crippen LogP) is 1.33. The molecule has 0 atom stereocenters. The topological polar surface area (TPSA) is 33.1 Å². The van der Waals surface area contributed by atoms with Gasteiger partial charge in [-0.05, 0) is 24.5 Å². The molecule has 56 valence electrons. The molecule has 0 amide bonds. The molecule has 11 heavy (non-hydrogen) atoms. The van der Waals surface area contributed by atoms with Crippen LogP contribution >= 0.6 is 0 Å². The van der Waals surface area contributed by atoms with Gasteiger partial charge in [0.15, 0.2) is 5.69 Å². The Labute approximate surface area is 65.9 Å². The Bertz CT molecular complexity index is 299. The van der Waals surface area contributed by atoms with Gasteiger partial charge in [0.05, 0.1) is 0 Å². The zero-order chi connectivity index (χ0) is 8.27. The Morgan fingerprint density at radius 3 is 2.91 bits per heavy atom. The van der Waals surface area contributed by atoms with Gasteiger partial charge < -0.3 is 5.11 Å². The van der Waals surface area contributed by atoms with Crippen LogP contribution in [-0.2, 0) is 6.42 Å². The van der Waals surface area contributed by atoms with Gasteiger partial charge >= 0.3 is 0 Å². The van der Waals surface area contributed by atoms with Crippen molar-refractivity contribution >= 4 is 0 Å². The van der Waals surface area contributed by atoms with E-state index in [1.807, 2.05) is 6.92 Å². The third-order valence-electron chi connectivity index (χ3n) is 1.43. The van der Waals surface area contributed by atoms with Crippen LogP contribution in [0, 0.1) is 12.3 Å². The normalized spacial score (nSPS) is 9.09. The molecule has 0 aliphatic heterocycles. The molecule has 1 aromatic heterocycles. The summed E-state index contributed by atoms with van der Waals surface area (Å²) in [4.78, 5) is 4.02. The maximum atomic E-state index is 9.13. The first-order valence-corrected chi connectivity index (χ1v) is 3.43. The zero-order valence-corrected chi connectivity index (χ0v) is 6.33. The third kappa shape index (κ3) is 1.50. The minimum Gasteiger partial charge on any atom is -0.505 e. The summed E-state index contributed by atoms with van der Waals surface area (Å²) in [5.41, 5.74) is 1.22. The van der Waals surface area contributed by atoms with Gasteiger partial charge in [-0.1, -0.05) is 6.92 Å². The molecule has 0 radical (unpaired) electrons. The summed E-state index contributed by atoms with van der Waals surface area (Å²) in [6.45, 7) is 1.99. The minimum atomic E-state index is 0.0738. The van der Waals surface area contributed by atoms with Gasteiger partial charge in [0.2, 0.25) is 0 Å². The summed E-state index contributed by atoms with van der Waals surface area (Å²) in [5.74, 6) is 2.38. The molecular weight excluding hydrogens is 138 g/mol. The van der Waals surface area contributed by atoms with Crippen LogP contribution in [0.4, 0.5) is 0 Å². The van der Waals surface area contributed by atoms with E-state index in [1.54, 1.807) is 12.1 Å². The molecule has 0 aliphatic carbocycles. The quantitative estimate of drug-likeness (QED) is 0.608. The maximum Gasteiger partial charge on any atom is 0.154 e. The number of aryl methyl sites for hydroxylation is 1. The van der Waals surface area contributed by atoms with Crippen LogP contribution in [0.5, 0.6) is 5.75 Å². The number of pyridine rings is 1. The summed E-state index contributed by atoms with van der Waals surface area (Å²) >= 11 is 0. The van der Waals surface area contributed by atoms with Crippen molar-refractivity contribution in [3.05, 3.63) is 23.5 Å². The first-order valence-electron chi connectivity index (χ1n) is 3.43. The van der Waals surface area contributed by atoms with Crippen LogP contribution in [0.25, 0.3) is 0 Å². The van der Waals surface area contributed by atoms with Crippen molar-refractivity contribution < 1.29 is 5.11 Å². The maximum absolute atomic E-state index is 9.13. The van der Waals surface area contributed by atoms with Crippen LogP contribution in [0.2, 0.25) is 0 Å². The average Bonchev–Trinajstić information content (AvgIpc) is 2.05. The van der Waals surface area contributed by atoms with E-state index >= 15 is 0 Å². The molecule has 0 aliphatic rings. The Kier molecular flexibility index (Phi) is 2.12. The number of hydrogen-bond acceptors (Lipinski definition) is 2. The molecule has 0 unspecified atom stereocenters. The van der Waals surface area contributed by atoms with E-state index in [0.717, 1.165) is 12.1 Å². The number of rotatable bonds is 1. The highest BCUT2D eigenvalue weighted by atomic mass is 16.3. The van der Waals surface area contributed by atoms with E-state index in [9.17, 15) is 0 Å². The van der Waals surface area contributed by atoms with Crippen molar-refractivity contribution in [2.75, 3.05) is 0 Å². The number of aromatic hydroxyl groups is 1. The second kappa shape index (κ2) is 3.07. The lowest BCUT2D eigenvalue weighted by molar-refractivity contribution is 0.470. The van der Waals surface area contributed by atoms with Crippen LogP contribution in [0.1, 0.15) is 18.3 Å². The fourth-order valence-electron chi connectivity index (χ4n) is 0.795. The lowest BCUT2D eigenvalue weighted by atomic mass is 10.2. The largest absolute Gasteiger partial charge is 0.505 e. The monoisotopic (exact) mass is 147 g/mol. The van der Waals surface area contributed by atoms with E-state index in [1.165, 1.54) is 0 Å². The van der Waals surface area contributed by atoms with E-state index < -0.39 is 0 Å². The summed E-state index contributed by atoms with van der Waals surface area (Å²) in [6, 6.07) is 3.33. The van der Waals surface area contributed by atoms with Crippen LogP contribution in [-0.4, -0.2) is 10.1 Å². The number of hydrogen-bond donors (Lipinski definition) is 1. The van der Waals surface area contributed by atoms with Gasteiger partial charge in [0, 0.05) is 5.69 Å². The molecule has 2 heteroatoms.